The van der Waals surface area contributed by atoms with E-state index in [4.69, 9.17) is 17.3 Å². The lowest BCUT2D eigenvalue weighted by atomic mass is 10.1. The fourth-order valence-electron chi connectivity index (χ4n) is 1.63. The number of nitrogens with two attached hydrogens (primary N) is 1. The van der Waals surface area contributed by atoms with E-state index in [-0.39, 0.29) is 0 Å². The zero-order chi connectivity index (χ0) is 10.1. The van der Waals surface area contributed by atoms with Gasteiger partial charge < -0.3 is 5.73 Å². The molecule has 1 aromatic heterocycles. The number of aryl methyl sites for hydroxylation is 1. The van der Waals surface area contributed by atoms with Crippen molar-refractivity contribution in [2.24, 2.45) is 0 Å². The molecular formula is C11H12ClNS. The Balaban J connectivity index is 2.72. The summed E-state index contributed by atoms with van der Waals surface area (Å²) in [5.41, 5.74) is 9.39. The number of hydrogen-bond donors (Lipinski definition) is 1. The van der Waals surface area contributed by atoms with Crippen molar-refractivity contribution in [1.29, 1.82) is 0 Å². The van der Waals surface area contributed by atoms with Crippen molar-refractivity contribution >= 4 is 38.7 Å². The molecule has 2 rings (SSSR count). The molecule has 0 atom stereocenters. The van der Waals surface area contributed by atoms with Crippen LogP contribution in [0.2, 0.25) is 0 Å². The first-order valence-electron chi connectivity index (χ1n) is 4.61. The van der Waals surface area contributed by atoms with Gasteiger partial charge in [0.1, 0.15) is 0 Å². The maximum atomic E-state index is 6.06. The van der Waals surface area contributed by atoms with E-state index >= 15 is 0 Å². The third kappa shape index (κ3) is 1.39. The highest BCUT2D eigenvalue weighted by molar-refractivity contribution is 7.18. The van der Waals surface area contributed by atoms with Crippen LogP contribution in [-0.4, -0.2) is 0 Å². The molecule has 74 valence electrons. The van der Waals surface area contributed by atoms with Crippen molar-refractivity contribution in [2.75, 3.05) is 5.73 Å². The van der Waals surface area contributed by atoms with Crippen LogP contribution in [0.5, 0.6) is 0 Å². The average Bonchev–Trinajstić information content (AvgIpc) is 2.62. The van der Waals surface area contributed by atoms with Crippen molar-refractivity contribution in [1.82, 2.24) is 0 Å². The van der Waals surface area contributed by atoms with Crippen molar-refractivity contribution in [2.45, 2.75) is 19.2 Å². The summed E-state index contributed by atoms with van der Waals surface area (Å²) in [4.78, 5) is 0. The Bertz CT molecular complexity index is 462. The van der Waals surface area contributed by atoms with Gasteiger partial charge in [-0.05, 0) is 28.3 Å². The van der Waals surface area contributed by atoms with Crippen molar-refractivity contribution in [3.05, 3.63) is 28.6 Å². The lowest BCUT2D eigenvalue weighted by Gasteiger charge is -2.03. The second-order valence-electron chi connectivity index (χ2n) is 3.26. The number of anilines is 1. The second-order valence-corrected chi connectivity index (χ2v) is 4.41. The lowest BCUT2D eigenvalue weighted by Crippen LogP contribution is -1.92. The smallest absolute Gasteiger partial charge is 0.0578 e. The zero-order valence-corrected chi connectivity index (χ0v) is 9.58. The molecule has 1 aromatic carbocycles. The summed E-state index contributed by atoms with van der Waals surface area (Å²) >= 11 is 7.52. The van der Waals surface area contributed by atoms with Crippen LogP contribution >= 0.6 is 22.9 Å². The van der Waals surface area contributed by atoms with Gasteiger partial charge in [0.25, 0.3) is 0 Å². The molecule has 0 aliphatic rings. The average molecular weight is 226 g/mol. The number of benzene rings is 1. The Kier molecular flexibility index (Phi) is 2.66. The van der Waals surface area contributed by atoms with Gasteiger partial charge in [0.15, 0.2) is 0 Å². The summed E-state index contributed by atoms with van der Waals surface area (Å²) in [6, 6.07) is 4.22. The molecule has 0 saturated heterocycles. The van der Waals surface area contributed by atoms with Crippen LogP contribution in [0.25, 0.3) is 10.1 Å². The van der Waals surface area contributed by atoms with E-state index in [2.05, 4.69) is 24.4 Å². The van der Waals surface area contributed by atoms with E-state index in [1.807, 2.05) is 0 Å². The van der Waals surface area contributed by atoms with Crippen molar-refractivity contribution < 1.29 is 0 Å². The molecule has 0 aliphatic carbocycles. The normalized spacial score (nSPS) is 11.0. The lowest BCUT2D eigenvalue weighted by molar-refractivity contribution is 1.15. The molecule has 0 unspecified atom stereocenters. The summed E-state index contributed by atoms with van der Waals surface area (Å²) in [7, 11) is 0. The van der Waals surface area contributed by atoms with Crippen LogP contribution < -0.4 is 5.73 Å². The van der Waals surface area contributed by atoms with Gasteiger partial charge in [-0.3, -0.25) is 0 Å². The van der Waals surface area contributed by atoms with Crippen LogP contribution in [0.15, 0.2) is 17.5 Å². The van der Waals surface area contributed by atoms with Crippen LogP contribution in [0.3, 0.4) is 0 Å². The quantitative estimate of drug-likeness (QED) is 0.611. The first-order valence-corrected chi connectivity index (χ1v) is 6.02. The minimum absolute atomic E-state index is 0.560. The van der Waals surface area contributed by atoms with Crippen LogP contribution in [-0.2, 0) is 12.3 Å². The summed E-state index contributed by atoms with van der Waals surface area (Å²) in [5, 5.41) is 3.30. The van der Waals surface area contributed by atoms with Gasteiger partial charge in [-0.25, -0.2) is 0 Å². The van der Waals surface area contributed by atoms with E-state index in [1.54, 1.807) is 11.3 Å². The molecule has 14 heavy (non-hydrogen) atoms. The topological polar surface area (TPSA) is 26.0 Å². The Labute approximate surface area is 92.5 Å². The highest BCUT2D eigenvalue weighted by Gasteiger charge is 2.08. The van der Waals surface area contributed by atoms with E-state index in [1.165, 1.54) is 21.2 Å². The summed E-state index contributed by atoms with van der Waals surface area (Å²) in [6.07, 6.45) is 0.982. The minimum atomic E-state index is 0.560. The SMILES string of the molecule is CCc1ccc2c(CCl)csc2c1N. The molecule has 0 amide bonds. The standard InChI is InChI=1S/C11H12ClNS/c1-2-7-3-4-9-8(5-12)6-14-11(9)10(7)13/h3-4,6H,2,5,13H2,1H3. The molecule has 0 spiro atoms. The summed E-state index contributed by atoms with van der Waals surface area (Å²) < 4.78 is 1.18. The number of thiophene rings is 1. The predicted molar refractivity (Wildman–Crippen MR) is 65.2 cm³/mol. The number of nitrogen functional groups attached to an aromatic ring is 1. The summed E-state index contributed by atoms with van der Waals surface area (Å²) in [6.45, 7) is 2.12. The molecule has 0 fully saturated rings. The maximum Gasteiger partial charge on any atom is 0.0578 e. The first kappa shape index (κ1) is 9.81. The maximum absolute atomic E-state index is 6.06. The Morgan fingerprint density at radius 1 is 1.36 bits per heavy atom. The molecule has 0 radical (unpaired) electrons. The molecule has 0 aliphatic heterocycles. The van der Waals surface area contributed by atoms with E-state index in [9.17, 15) is 0 Å². The monoisotopic (exact) mass is 225 g/mol. The third-order valence-corrected chi connectivity index (χ3v) is 3.84. The Morgan fingerprint density at radius 2 is 2.14 bits per heavy atom. The molecule has 2 aromatic rings. The fraction of sp³-hybridized carbons (Fsp3) is 0.273. The van der Waals surface area contributed by atoms with Gasteiger partial charge in [0.2, 0.25) is 0 Å². The molecule has 2 N–H and O–H groups in total. The third-order valence-electron chi connectivity index (χ3n) is 2.48. The van der Waals surface area contributed by atoms with Crippen LogP contribution in [0, 0.1) is 0 Å². The van der Waals surface area contributed by atoms with Crippen LogP contribution in [0.1, 0.15) is 18.1 Å². The predicted octanol–water partition coefficient (Wildman–Crippen LogP) is 3.78. The molecule has 1 heterocycles. The van der Waals surface area contributed by atoms with Crippen LogP contribution in [0.4, 0.5) is 5.69 Å². The molecule has 1 nitrogen and oxygen atoms in total. The number of rotatable bonds is 2. The second kappa shape index (κ2) is 3.79. The van der Waals surface area contributed by atoms with Gasteiger partial charge in [-0.15, -0.1) is 22.9 Å². The highest BCUT2D eigenvalue weighted by Crippen LogP contribution is 2.33. The first-order chi connectivity index (χ1) is 6.77. The van der Waals surface area contributed by atoms with Gasteiger partial charge >= 0.3 is 0 Å². The summed E-state index contributed by atoms with van der Waals surface area (Å²) in [5.74, 6) is 0.560. The number of halogens is 1. The largest absolute Gasteiger partial charge is 0.397 e. The van der Waals surface area contributed by atoms with E-state index < -0.39 is 0 Å². The molecule has 0 bridgehead atoms. The Hall–Kier alpha value is -0.730. The molecule has 0 saturated carbocycles. The van der Waals surface area contributed by atoms with Gasteiger partial charge in [0.05, 0.1) is 10.4 Å². The molecule has 3 heteroatoms. The van der Waals surface area contributed by atoms with Crippen molar-refractivity contribution in [3.8, 4) is 0 Å². The Morgan fingerprint density at radius 3 is 2.79 bits per heavy atom. The minimum Gasteiger partial charge on any atom is -0.397 e. The van der Waals surface area contributed by atoms with Crippen molar-refractivity contribution in [3.63, 3.8) is 0 Å². The number of hydrogen-bond acceptors (Lipinski definition) is 2. The number of alkyl halides is 1. The molecular weight excluding hydrogens is 214 g/mol. The van der Waals surface area contributed by atoms with Gasteiger partial charge in [0, 0.05) is 5.88 Å². The fourth-order valence-corrected chi connectivity index (χ4v) is 2.99. The van der Waals surface area contributed by atoms with E-state index in [0.29, 0.717) is 5.88 Å². The number of fused-ring (bicyclic) bond motifs is 1. The van der Waals surface area contributed by atoms with Gasteiger partial charge in [-0.1, -0.05) is 19.1 Å². The highest BCUT2D eigenvalue weighted by atomic mass is 35.5. The van der Waals surface area contributed by atoms with Gasteiger partial charge in [-0.2, -0.15) is 0 Å². The van der Waals surface area contributed by atoms with E-state index in [0.717, 1.165) is 12.1 Å². The zero-order valence-electron chi connectivity index (χ0n) is 8.01.